The number of carbonyl (C=O) groups is 3. The zero-order chi connectivity index (χ0) is 35.5. The summed E-state index contributed by atoms with van der Waals surface area (Å²) in [4.78, 5) is 33.5. The maximum absolute atomic E-state index is 11.6. The first kappa shape index (κ1) is 40.0. The van der Waals surface area contributed by atoms with Gasteiger partial charge in [0, 0.05) is 36.9 Å². The van der Waals surface area contributed by atoms with Crippen LogP contribution in [0.3, 0.4) is 0 Å². The Morgan fingerprint density at radius 2 is 0.894 bits per heavy atom. The largest absolute Gasteiger partial charge is 0.481 e. The molecule has 0 aliphatic carbocycles. The number of carboxylic acids is 1. The highest BCUT2D eigenvalue weighted by Gasteiger charge is 2.14. The summed E-state index contributed by atoms with van der Waals surface area (Å²) < 4.78 is 0. The van der Waals surface area contributed by atoms with E-state index >= 15 is 0 Å². The summed E-state index contributed by atoms with van der Waals surface area (Å²) in [5, 5.41) is 31.5. The molecule has 0 spiro atoms. The molecule has 9 heteroatoms. The van der Waals surface area contributed by atoms with Gasteiger partial charge in [0.15, 0.2) is 0 Å². The molecule has 0 aliphatic rings. The molecule has 3 rings (SSSR count). The second-order valence-electron chi connectivity index (χ2n) is 13.1. The molecule has 47 heavy (non-hydrogen) atoms. The van der Waals surface area contributed by atoms with E-state index in [-0.39, 0.29) is 29.3 Å². The Labute approximate surface area is 279 Å². The van der Waals surface area contributed by atoms with Gasteiger partial charge < -0.3 is 21.5 Å². The Morgan fingerprint density at radius 1 is 0.596 bits per heavy atom. The molecule has 0 atom stereocenters. The summed E-state index contributed by atoms with van der Waals surface area (Å²) in [6.45, 7) is 12.4. The summed E-state index contributed by atoms with van der Waals surface area (Å²) in [6, 6.07) is 26.4. The molecule has 2 amide bonds. The van der Waals surface area contributed by atoms with Crippen LogP contribution in [0, 0.1) is 22.7 Å². The van der Waals surface area contributed by atoms with E-state index in [2.05, 4.69) is 16.7 Å². The molecule has 0 fully saturated rings. The first-order valence-electron chi connectivity index (χ1n) is 15.6. The molecule has 0 radical (unpaired) electrons. The second-order valence-corrected chi connectivity index (χ2v) is 13.1. The lowest BCUT2D eigenvalue weighted by Gasteiger charge is -2.20. The fraction of sp³-hybridized carbons (Fsp3) is 0.395. The molecule has 0 saturated carbocycles. The van der Waals surface area contributed by atoms with Crippen LogP contribution in [0.2, 0.25) is 0 Å². The molecule has 5 N–H and O–H groups in total. The van der Waals surface area contributed by atoms with E-state index in [1.165, 1.54) is 5.56 Å². The summed E-state index contributed by atoms with van der Waals surface area (Å²) in [5.41, 5.74) is 10.8. The van der Waals surface area contributed by atoms with Crippen LogP contribution >= 0.6 is 0 Å². The van der Waals surface area contributed by atoms with Crippen LogP contribution < -0.4 is 16.4 Å². The minimum Gasteiger partial charge on any atom is -0.481 e. The number of aryl methyl sites for hydroxylation is 3. The molecule has 3 aromatic rings. The Balaban J connectivity index is 0.000000356. The molecule has 0 aromatic heterocycles. The number of nitriles is 2. The number of nitrogens with two attached hydrogens (primary N) is 1. The van der Waals surface area contributed by atoms with Gasteiger partial charge in [0.1, 0.15) is 0 Å². The molecular formula is C38H49N5O4. The quantitative estimate of drug-likeness (QED) is 0.212. The maximum Gasteiger partial charge on any atom is 0.303 e. The predicted octanol–water partition coefficient (Wildman–Crippen LogP) is 5.97. The lowest BCUT2D eigenvalue weighted by Crippen LogP contribution is -2.40. The smallest absolute Gasteiger partial charge is 0.303 e. The summed E-state index contributed by atoms with van der Waals surface area (Å²) in [7, 11) is 0. The van der Waals surface area contributed by atoms with Crippen molar-refractivity contribution in [2.24, 2.45) is 5.73 Å². The van der Waals surface area contributed by atoms with Crippen LogP contribution in [0.15, 0.2) is 72.8 Å². The third-order valence-electron chi connectivity index (χ3n) is 6.36. The van der Waals surface area contributed by atoms with E-state index in [0.717, 1.165) is 23.1 Å². The van der Waals surface area contributed by atoms with Crippen LogP contribution in [0.25, 0.3) is 0 Å². The van der Waals surface area contributed by atoms with Crippen molar-refractivity contribution in [3.05, 3.63) is 106 Å². The van der Waals surface area contributed by atoms with E-state index in [1.807, 2.05) is 84.0 Å². The summed E-state index contributed by atoms with van der Waals surface area (Å²) in [6.07, 6.45) is 3.12. The van der Waals surface area contributed by atoms with Gasteiger partial charge >= 0.3 is 5.97 Å². The predicted molar refractivity (Wildman–Crippen MR) is 185 cm³/mol. The van der Waals surface area contributed by atoms with Crippen LogP contribution in [0.4, 0.5) is 0 Å². The lowest BCUT2D eigenvalue weighted by molar-refractivity contribution is -0.137. The average Bonchev–Trinajstić information content (AvgIpc) is 3.01. The van der Waals surface area contributed by atoms with Crippen LogP contribution in [-0.4, -0.2) is 34.0 Å². The monoisotopic (exact) mass is 639 g/mol. The second kappa shape index (κ2) is 20.2. The Kier molecular flexibility index (Phi) is 17.2. The van der Waals surface area contributed by atoms with Gasteiger partial charge in [0.25, 0.3) is 0 Å². The van der Waals surface area contributed by atoms with Gasteiger partial charge in [-0.25, -0.2) is 0 Å². The number of nitrogens with zero attached hydrogens (tertiary/aromatic N) is 2. The summed E-state index contributed by atoms with van der Waals surface area (Å²) >= 11 is 0. The molecule has 0 aliphatic heterocycles. The van der Waals surface area contributed by atoms with Crippen molar-refractivity contribution in [3.63, 3.8) is 0 Å². The standard InChI is InChI=1S/C14H22N2O.C14H18N2O.C10H9NO2/c2*1-14(2,3)16-13(17)9-8-11-4-6-12(10-15)7-5-11;11-7-9-3-1-8(2-4-9)5-6-10(12)13/h4-7H,8-10,15H2,1-3H3,(H,16,17);4-7H,8-9H2,1-3H3,(H,16,17);1-4H,5-6H2,(H,12,13). The lowest BCUT2D eigenvalue weighted by atomic mass is 10.1. The molecule has 9 nitrogen and oxygen atoms in total. The Hall–Kier alpha value is -4.99. The van der Waals surface area contributed by atoms with Gasteiger partial charge in [0.05, 0.1) is 23.3 Å². The highest BCUT2D eigenvalue weighted by molar-refractivity contribution is 5.77. The van der Waals surface area contributed by atoms with Gasteiger partial charge in [-0.05, 0) is 107 Å². The van der Waals surface area contributed by atoms with E-state index in [9.17, 15) is 14.4 Å². The number of nitrogens with one attached hydrogen (secondary N) is 2. The Morgan fingerprint density at radius 3 is 1.17 bits per heavy atom. The molecular weight excluding hydrogens is 590 g/mol. The number of amides is 2. The summed E-state index contributed by atoms with van der Waals surface area (Å²) in [5.74, 6) is -0.647. The fourth-order valence-corrected chi connectivity index (χ4v) is 4.06. The number of hydrogen-bond acceptors (Lipinski definition) is 6. The molecule has 0 bridgehead atoms. The van der Waals surface area contributed by atoms with Gasteiger partial charge in [-0.2, -0.15) is 10.5 Å². The van der Waals surface area contributed by atoms with Crippen LogP contribution in [0.5, 0.6) is 0 Å². The zero-order valence-electron chi connectivity index (χ0n) is 28.5. The van der Waals surface area contributed by atoms with Crippen molar-refractivity contribution in [3.8, 4) is 12.1 Å². The highest BCUT2D eigenvalue weighted by atomic mass is 16.4. The van der Waals surface area contributed by atoms with E-state index in [1.54, 1.807) is 36.4 Å². The van der Waals surface area contributed by atoms with Crippen LogP contribution in [-0.2, 0) is 40.2 Å². The number of benzene rings is 3. The average molecular weight is 640 g/mol. The topological polar surface area (TPSA) is 169 Å². The van der Waals surface area contributed by atoms with E-state index < -0.39 is 5.97 Å². The first-order valence-corrected chi connectivity index (χ1v) is 15.6. The van der Waals surface area contributed by atoms with Gasteiger partial charge in [0.2, 0.25) is 11.8 Å². The fourth-order valence-electron chi connectivity index (χ4n) is 4.06. The highest BCUT2D eigenvalue weighted by Crippen LogP contribution is 2.09. The number of carboxylic acid groups (broad SMARTS) is 1. The van der Waals surface area contributed by atoms with E-state index in [0.29, 0.717) is 43.4 Å². The van der Waals surface area contributed by atoms with Crippen molar-refractivity contribution in [1.82, 2.24) is 10.6 Å². The van der Waals surface area contributed by atoms with Crippen molar-refractivity contribution < 1.29 is 19.5 Å². The molecule has 0 unspecified atom stereocenters. The van der Waals surface area contributed by atoms with Gasteiger partial charge in [-0.1, -0.05) is 48.5 Å². The van der Waals surface area contributed by atoms with Crippen LogP contribution in [0.1, 0.15) is 94.2 Å². The molecule has 0 saturated heterocycles. The molecule has 3 aromatic carbocycles. The zero-order valence-corrected chi connectivity index (χ0v) is 28.5. The number of aliphatic carboxylic acids is 1. The third-order valence-corrected chi connectivity index (χ3v) is 6.36. The van der Waals surface area contributed by atoms with Crippen molar-refractivity contribution in [2.45, 2.75) is 97.7 Å². The minimum absolute atomic E-state index is 0.0573. The number of carbonyl (C=O) groups excluding carboxylic acids is 2. The van der Waals surface area contributed by atoms with Gasteiger partial charge in [-0.15, -0.1) is 0 Å². The van der Waals surface area contributed by atoms with Gasteiger partial charge in [-0.3, -0.25) is 14.4 Å². The number of hydrogen-bond donors (Lipinski definition) is 4. The minimum atomic E-state index is -0.802. The SMILES string of the molecule is CC(C)(C)NC(=O)CCc1ccc(C#N)cc1.CC(C)(C)NC(=O)CCc1ccc(CN)cc1.N#Cc1ccc(CCC(=O)O)cc1. The van der Waals surface area contributed by atoms with Crippen molar-refractivity contribution >= 4 is 17.8 Å². The molecule has 0 heterocycles. The first-order chi connectivity index (χ1) is 22.0. The molecule has 250 valence electrons. The number of rotatable bonds is 10. The van der Waals surface area contributed by atoms with Crippen molar-refractivity contribution in [1.29, 1.82) is 10.5 Å². The third kappa shape index (κ3) is 19.9. The normalized spacial score (nSPS) is 10.5. The van der Waals surface area contributed by atoms with E-state index in [4.69, 9.17) is 21.4 Å². The maximum atomic E-state index is 11.6. The van der Waals surface area contributed by atoms with Crippen molar-refractivity contribution in [2.75, 3.05) is 0 Å². The Bertz CT molecular complexity index is 1490.